The van der Waals surface area contributed by atoms with Crippen molar-refractivity contribution in [2.45, 2.75) is 91.5 Å². The molecule has 2 aliphatic rings. The van der Waals surface area contributed by atoms with E-state index in [0.29, 0.717) is 49.3 Å². The summed E-state index contributed by atoms with van der Waals surface area (Å²) in [6, 6.07) is 7.55. The Kier molecular flexibility index (Phi) is 14.0. The lowest BCUT2D eigenvalue weighted by molar-refractivity contribution is -0.158. The smallest absolute Gasteiger partial charge is 0.308 e. The van der Waals surface area contributed by atoms with Crippen molar-refractivity contribution in [3.63, 3.8) is 0 Å². The molecule has 10 nitrogen and oxygen atoms in total. The van der Waals surface area contributed by atoms with Gasteiger partial charge in [-0.2, -0.15) is 0 Å². The van der Waals surface area contributed by atoms with E-state index in [0.717, 1.165) is 5.56 Å². The van der Waals surface area contributed by atoms with E-state index in [9.17, 15) is 24.3 Å². The molecule has 246 valence electrons. The molecule has 1 aromatic carbocycles. The molecule has 1 saturated carbocycles. The van der Waals surface area contributed by atoms with Crippen LogP contribution < -0.4 is 4.74 Å². The summed E-state index contributed by atoms with van der Waals surface area (Å²) in [5.41, 5.74) is 2.13. The van der Waals surface area contributed by atoms with Crippen molar-refractivity contribution in [2.75, 3.05) is 13.2 Å². The van der Waals surface area contributed by atoms with Gasteiger partial charge in [0, 0.05) is 30.2 Å². The van der Waals surface area contributed by atoms with E-state index in [1.165, 1.54) is 6.08 Å². The lowest BCUT2D eigenvalue weighted by Gasteiger charge is -2.43. The highest BCUT2D eigenvalue weighted by Gasteiger charge is 2.46. The van der Waals surface area contributed by atoms with Crippen LogP contribution in [-0.4, -0.2) is 59.7 Å². The first-order valence-corrected chi connectivity index (χ1v) is 15.9. The molecule has 45 heavy (non-hydrogen) atoms. The van der Waals surface area contributed by atoms with E-state index < -0.39 is 24.1 Å². The highest BCUT2D eigenvalue weighted by molar-refractivity contribution is 6.08. The number of aliphatic hydroxyl groups is 1. The first-order chi connectivity index (χ1) is 21.6. The predicted octanol–water partition coefficient (Wildman–Crippen LogP) is 5.31. The van der Waals surface area contributed by atoms with Crippen LogP contribution in [0.15, 0.2) is 53.7 Å². The second-order valence-electron chi connectivity index (χ2n) is 11.8. The van der Waals surface area contributed by atoms with Crippen molar-refractivity contribution in [3.8, 4) is 5.75 Å². The molecule has 0 aliphatic heterocycles. The number of fused-ring (bicyclic) bond motifs is 1. The average molecular weight is 626 g/mol. The molecule has 0 radical (unpaired) electrons. The van der Waals surface area contributed by atoms with Crippen molar-refractivity contribution >= 4 is 29.2 Å². The number of esters is 2. The van der Waals surface area contributed by atoms with Crippen LogP contribution in [-0.2, 0) is 40.1 Å². The zero-order chi connectivity index (χ0) is 32.9. The van der Waals surface area contributed by atoms with Gasteiger partial charge in [0.2, 0.25) is 0 Å². The second kappa shape index (κ2) is 17.6. The quantitative estimate of drug-likeness (QED) is 0.139. The maximum Gasteiger partial charge on any atom is 0.308 e. The fraction of sp³-hybridized carbons (Fsp3) is 0.571. The number of benzene rings is 1. The summed E-state index contributed by atoms with van der Waals surface area (Å²) in [6.07, 6.45) is 2.88. The minimum atomic E-state index is -1.17. The highest BCUT2D eigenvalue weighted by Crippen LogP contribution is 2.44. The summed E-state index contributed by atoms with van der Waals surface area (Å²) >= 11 is 0. The number of hydrogen-bond donors (Lipinski definition) is 1. The summed E-state index contributed by atoms with van der Waals surface area (Å²) in [5, 5.41) is 14.7. The Balaban J connectivity index is 1.79. The van der Waals surface area contributed by atoms with Crippen LogP contribution in [0.3, 0.4) is 0 Å². The van der Waals surface area contributed by atoms with Gasteiger partial charge in [-0.05, 0) is 56.2 Å². The fourth-order valence-electron chi connectivity index (χ4n) is 5.85. The van der Waals surface area contributed by atoms with Gasteiger partial charge in [0.15, 0.2) is 5.78 Å². The zero-order valence-electron chi connectivity index (χ0n) is 26.9. The van der Waals surface area contributed by atoms with Gasteiger partial charge in [-0.25, -0.2) is 0 Å². The third-order valence-electron chi connectivity index (χ3n) is 8.54. The molecule has 0 aromatic heterocycles. The summed E-state index contributed by atoms with van der Waals surface area (Å²) in [7, 11) is 0. The normalized spacial score (nSPS) is 23.3. The number of nitrogens with zero attached hydrogens (tertiary/aromatic N) is 1. The number of hydrogen-bond acceptors (Lipinski definition) is 10. The summed E-state index contributed by atoms with van der Waals surface area (Å²) in [5.74, 6) is -1.88. The fourth-order valence-corrected chi connectivity index (χ4v) is 5.85. The number of carbonyl (C=O) groups is 4. The Bertz CT molecular complexity index is 1270. The summed E-state index contributed by atoms with van der Waals surface area (Å²) in [4.78, 5) is 56.6. The van der Waals surface area contributed by atoms with Crippen LogP contribution in [0.5, 0.6) is 5.75 Å². The molecule has 6 atom stereocenters. The Labute approximate surface area is 265 Å². The maximum atomic E-state index is 13.3. The maximum absolute atomic E-state index is 13.3. The van der Waals surface area contributed by atoms with Crippen molar-refractivity contribution in [1.82, 2.24) is 0 Å². The van der Waals surface area contributed by atoms with Crippen LogP contribution in [0.25, 0.3) is 0 Å². The van der Waals surface area contributed by atoms with E-state index in [1.54, 1.807) is 6.08 Å². The molecule has 0 spiro atoms. The molecule has 6 unspecified atom stereocenters. The Morgan fingerprint density at radius 1 is 1.18 bits per heavy atom. The number of oxime groups is 1. The van der Waals surface area contributed by atoms with Gasteiger partial charge in [0.25, 0.3) is 0 Å². The van der Waals surface area contributed by atoms with E-state index in [2.05, 4.69) is 11.7 Å². The van der Waals surface area contributed by atoms with Crippen LogP contribution >= 0.6 is 0 Å². The molecule has 0 amide bonds. The average Bonchev–Trinajstić information content (AvgIpc) is 3.01. The van der Waals surface area contributed by atoms with Crippen LogP contribution in [0.2, 0.25) is 0 Å². The standard InChI is InChI=1S/C35H47NO9/c1-6-17-43-33(40)19-26(38)18-25(37)13-14-27-23(5)30(39)20-28-29(15-16-32(34(27)28)45-35(41)22(4)7-2)36-44-21-24-11-9-10-12-31(24)42-8-3/h6,9-12,20,22-23,26-27,32,34,38H,1,7-8,13-19,21H2,2-5H3/b36-29-. The minimum absolute atomic E-state index is 0.0318. The minimum Gasteiger partial charge on any atom is -0.493 e. The number of ketones is 2. The van der Waals surface area contributed by atoms with Crippen LogP contribution in [0, 0.1) is 23.7 Å². The topological polar surface area (TPSA) is 138 Å². The van der Waals surface area contributed by atoms with Gasteiger partial charge < -0.3 is 24.2 Å². The van der Waals surface area contributed by atoms with Crippen LogP contribution in [0.1, 0.15) is 78.2 Å². The molecule has 1 aromatic rings. The molecular weight excluding hydrogens is 578 g/mol. The number of carbonyl (C=O) groups excluding carboxylic acids is 4. The predicted molar refractivity (Wildman–Crippen MR) is 168 cm³/mol. The van der Waals surface area contributed by atoms with Gasteiger partial charge in [-0.3, -0.25) is 19.2 Å². The number of Topliss-reactive ketones (excluding diaryl/α,β-unsaturated/α-hetero) is 1. The summed E-state index contributed by atoms with van der Waals surface area (Å²) < 4.78 is 16.6. The molecular formula is C35H47NO9. The number of rotatable bonds is 17. The first kappa shape index (κ1) is 35.7. The number of aliphatic hydroxyl groups excluding tert-OH is 1. The van der Waals surface area contributed by atoms with E-state index in [4.69, 9.17) is 19.0 Å². The Morgan fingerprint density at radius 3 is 2.64 bits per heavy atom. The number of allylic oxidation sites excluding steroid dienone is 1. The van der Waals surface area contributed by atoms with E-state index in [1.807, 2.05) is 52.0 Å². The monoisotopic (exact) mass is 625 g/mol. The summed E-state index contributed by atoms with van der Waals surface area (Å²) in [6.45, 7) is 11.7. The van der Waals surface area contributed by atoms with Gasteiger partial charge in [-0.1, -0.05) is 56.8 Å². The molecule has 0 heterocycles. The molecule has 1 fully saturated rings. The van der Waals surface area contributed by atoms with Crippen molar-refractivity contribution in [2.24, 2.45) is 28.8 Å². The van der Waals surface area contributed by atoms with Crippen molar-refractivity contribution in [1.29, 1.82) is 0 Å². The number of ether oxygens (including phenoxy) is 3. The van der Waals surface area contributed by atoms with Crippen molar-refractivity contribution in [3.05, 3.63) is 54.1 Å². The molecule has 3 rings (SSSR count). The zero-order valence-corrected chi connectivity index (χ0v) is 26.9. The molecule has 0 saturated heterocycles. The largest absolute Gasteiger partial charge is 0.493 e. The van der Waals surface area contributed by atoms with Crippen LogP contribution in [0.4, 0.5) is 0 Å². The highest BCUT2D eigenvalue weighted by atomic mass is 16.6. The molecule has 2 aliphatic carbocycles. The molecule has 0 bridgehead atoms. The molecule has 1 N–H and O–H groups in total. The Hall–Kier alpha value is -3.79. The lowest BCUT2D eigenvalue weighted by atomic mass is 9.63. The van der Waals surface area contributed by atoms with Crippen molar-refractivity contribution < 1.29 is 43.3 Å². The van der Waals surface area contributed by atoms with Gasteiger partial charge in [0.05, 0.1) is 30.8 Å². The van der Waals surface area contributed by atoms with Gasteiger partial charge >= 0.3 is 11.9 Å². The van der Waals surface area contributed by atoms with Gasteiger partial charge in [-0.15, -0.1) is 0 Å². The first-order valence-electron chi connectivity index (χ1n) is 15.9. The number of para-hydroxylation sites is 1. The lowest BCUT2D eigenvalue weighted by Crippen LogP contribution is -2.46. The van der Waals surface area contributed by atoms with E-state index >= 15 is 0 Å². The SMILES string of the molecule is C=CCOC(=O)CC(O)CC(=O)CCC1C(C)C(=O)C=C2/C(=N\OCc3ccccc3OCC)CCC(OC(=O)C(C)CC)C21. The van der Waals surface area contributed by atoms with E-state index in [-0.39, 0.29) is 67.8 Å². The second-order valence-corrected chi connectivity index (χ2v) is 11.8. The Morgan fingerprint density at radius 2 is 1.93 bits per heavy atom. The third kappa shape index (κ3) is 10.1. The molecule has 10 heteroatoms. The van der Waals surface area contributed by atoms with Gasteiger partial charge in [0.1, 0.15) is 30.9 Å². The third-order valence-corrected chi connectivity index (χ3v) is 8.54.